The van der Waals surface area contributed by atoms with Crippen LogP contribution in [0, 0.1) is 23.2 Å². The maximum atomic E-state index is 11.3. The Hall–Kier alpha value is -0.640. The number of carboxylic acids is 1. The predicted octanol–water partition coefficient (Wildman–Crippen LogP) is 1.18. The summed E-state index contributed by atoms with van der Waals surface area (Å²) in [5.41, 5.74) is -0.716. The summed E-state index contributed by atoms with van der Waals surface area (Å²) in [6, 6.07) is 0. The molecule has 5 aliphatic rings. The highest BCUT2D eigenvalue weighted by Crippen LogP contribution is 2.71. The van der Waals surface area contributed by atoms with Gasteiger partial charge in [-0.3, -0.25) is 9.36 Å². The SMILES string of the molecule is O=C(O)[C@@]12C[C@@H]3C[C@@H](C1)[C@H]2C=C3P(=O)(O)O. The molecular weight excluding hydrogens is 231 g/mol. The number of aliphatic carboxylic acids is 1. The van der Waals surface area contributed by atoms with E-state index in [1.165, 1.54) is 0 Å². The minimum Gasteiger partial charge on any atom is -0.481 e. The fourth-order valence-electron chi connectivity index (χ4n) is 3.85. The van der Waals surface area contributed by atoms with Gasteiger partial charge in [-0.15, -0.1) is 0 Å². The predicted molar refractivity (Wildman–Crippen MR) is 54.5 cm³/mol. The molecule has 3 N–H and O–H groups in total. The van der Waals surface area contributed by atoms with Crippen molar-refractivity contribution in [1.82, 2.24) is 0 Å². The van der Waals surface area contributed by atoms with Crippen molar-refractivity contribution in [3.05, 3.63) is 11.4 Å². The van der Waals surface area contributed by atoms with Crippen molar-refractivity contribution in [2.45, 2.75) is 19.3 Å². The van der Waals surface area contributed by atoms with E-state index in [0.717, 1.165) is 6.42 Å². The lowest BCUT2D eigenvalue weighted by Gasteiger charge is -2.61. The molecule has 5 rings (SSSR count). The second-order valence-corrected chi connectivity index (χ2v) is 6.83. The third-order valence-corrected chi connectivity index (χ3v) is 5.69. The van der Waals surface area contributed by atoms with Crippen LogP contribution in [0.4, 0.5) is 0 Å². The normalized spacial score (nSPS) is 44.9. The van der Waals surface area contributed by atoms with Gasteiger partial charge in [0.1, 0.15) is 0 Å². The highest BCUT2D eigenvalue weighted by molar-refractivity contribution is 7.56. The van der Waals surface area contributed by atoms with Crippen molar-refractivity contribution in [2.24, 2.45) is 23.2 Å². The van der Waals surface area contributed by atoms with Crippen LogP contribution in [0.25, 0.3) is 0 Å². The molecular formula is C10H13O5P. The molecule has 0 heterocycles. The molecule has 0 saturated heterocycles. The first-order valence-corrected chi connectivity index (χ1v) is 6.97. The lowest BCUT2D eigenvalue weighted by Crippen LogP contribution is -2.60. The van der Waals surface area contributed by atoms with Crippen LogP contribution >= 0.6 is 7.60 Å². The van der Waals surface area contributed by atoms with Crippen molar-refractivity contribution in [2.75, 3.05) is 0 Å². The summed E-state index contributed by atoms with van der Waals surface area (Å²) >= 11 is 0. The Balaban J connectivity index is 2.03. The highest BCUT2D eigenvalue weighted by atomic mass is 31.2. The molecule has 0 aliphatic heterocycles. The van der Waals surface area contributed by atoms with E-state index in [2.05, 4.69) is 0 Å². The van der Waals surface area contributed by atoms with E-state index in [1.54, 1.807) is 6.08 Å². The van der Waals surface area contributed by atoms with Gasteiger partial charge in [0.15, 0.2) is 0 Å². The third-order valence-electron chi connectivity index (χ3n) is 4.50. The van der Waals surface area contributed by atoms with Gasteiger partial charge in [-0.05, 0) is 37.0 Å². The van der Waals surface area contributed by atoms with E-state index < -0.39 is 19.0 Å². The number of hydrogen-bond donors (Lipinski definition) is 3. The summed E-state index contributed by atoms with van der Waals surface area (Å²) in [4.78, 5) is 29.6. The summed E-state index contributed by atoms with van der Waals surface area (Å²) in [5, 5.41) is 9.41. The van der Waals surface area contributed by atoms with Crippen LogP contribution in [0.15, 0.2) is 11.4 Å². The molecule has 3 saturated carbocycles. The van der Waals surface area contributed by atoms with E-state index in [0.29, 0.717) is 18.8 Å². The molecule has 6 heteroatoms. The topological polar surface area (TPSA) is 94.8 Å². The molecule has 0 spiro atoms. The van der Waals surface area contributed by atoms with Gasteiger partial charge in [0.25, 0.3) is 0 Å². The van der Waals surface area contributed by atoms with Crippen LogP contribution in [-0.4, -0.2) is 20.9 Å². The summed E-state index contributed by atoms with van der Waals surface area (Å²) in [6.45, 7) is 0. The Kier molecular flexibility index (Phi) is 1.83. The van der Waals surface area contributed by atoms with Gasteiger partial charge in [-0.2, -0.15) is 0 Å². The average molecular weight is 244 g/mol. The molecule has 0 amide bonds. The highest BCUT2D eigenvalue weighted by Gasteiger charge is 2.66. The van der Waals surface area contributed by atoms with E-state index in [4.69, 9.17) is 0 Å². The minimum atomic E-state index is -4.18. The van der Waals surface area contributed by atoms with Crippen LogP contribution < -0.4 is 0 Å². The molecule has 0 aromatic rings. The Morgan fingerprint density at radius 2 is 2.12 bits per heavy atom. The van der Waals surface area contributed by atoms with Crippen LogP contribution in [0.2, 0.25) is 0 Å². The first kappa shape index (κ1) is 10.5. The second-order valence-electron chi connectivity index (χ2n) is 5.22. The largest absolute Gasteiger partial charge is 0.481 e. The molecule has 4 atom stereocenters. The van der Waals surface area contributed by atoms with Crippen molar-refractivity contribution in [3.8, 4) is 0 Å². The number of hydrogen-bond acceptors (Lipinski definition) is 2. The standard InChI is InChI=1S/C10H13O5P/c11-9(12)10-3-5-1-6(4-10)8(2-7(5)10)16(13,14)15/h2,5-7H,1,3-4H2,(H,11,12)(H2,13,14,15)/t5-,6-,7+,10+/m0/s1. The van der Waals surface area contributed by atoms with Crippen LogP contribution in [0.1, 0.15) is 19.3 Å². The molecule has 5 nitrogen and oxygen atoms in total. The zero-order chi connectivity index (χ0) is 11.7. The fraction of sp³-hybridized carbons (Fsp3) is 0.700. The van der Waals surface area contributed by atoms with Crippen LogP contribution in [-0.2, 0) is 9.36 Å². The van der Waals surface area contributed by atoms with E-state index in [9.17, 15) is 24.3 Å². The number of carboxylic acid groups (broad SMARTS) is 1. The Bertz CT molecular complexity index is 450. The average Bonchev–Trinajstić information content (AvgIpc) is 2.15. The fourth-order valence-corrected chi connectivity index (χ4v) is 4.88. The van der Waals surface area contributed by atoms with Crippen molar-refractivity contribution < 1.29 is 24.3 Å². The first-order chi connectivity index (χ1) is 7.34. The van der Waals surface area contributed by atoms with Crippen LogP contribution in [0.3, 0.4) is 0 Å². The summed E-state index contributed by atoms with van der Waals surface area (Å²) in [6.07, 6.45) is 3.38. The Morgan fingerprint density at radius 1 is 1.44 bits per heavy atom. The van der Waals surface area contributed by atoms with Gasteiger partial charge >= 0.3 is 13.6 Å². The van der Waals surface area contributed by atoms with Gasteiger partial charge in [-0.25, -0.2) is 0 Å². The smallest absolute Gasteiger partial charge is 0.352 e. The number of rotatable bonds is 2. The Labute approximate surface area is 92.3 Å². The monoisotopic (exact) mass is 244 g/mol. The molecule has 0 unspecified atom stereocenters. The quantitative estimate of drug-likeness (QED) is 0.634. The summed E-state index contributed by atoms with van der Waals surface area (Å²) in [7, 11) is -4.18. The van der Waals surface area contributed by atoms with E-state index in [1.807, 2.05) is 0 Å². The first-order valence-electron chi connectivity index (χ1n) is 5.36. The van der Waals surface area contributed by atoms with Gasteiger partial charge in [0.05, 0.1) is 5.41 Å². The lowest BCUT2D eigenvalue weighted by atomic mass is 9.42. The number of allylic oxidation sites excluding steroid dienone is 2. The molecule has 0 aromatic carbocycles. The minimum absolute atomic E-state index is 0.155. The lowest BCUT2D eigenvalue weighted by molar-refractivity contribution is -0.178. The maximum Gasteiger partial charge on any atom is 0.352 e. The molecule has 0 aromatic heterocycles. The number of carbonyl (C=O) groups is 1. The molecule has 5 aliphatic carbocycles. The second kappa shape index (κ2) is 2.78. The van der Waals surface area contributed by atoms with Gasteiger partial charge in [-0.1, -0.05) is 6.08 Å². The van der Waals surface area contributed by atoms with Gasteiger partial charge in [0, 0.05) is 5.31 Å². The molecule has 0 radical (unpaired) electrons. The Morgan fingerprint density at radius 3 is 2.56 bits per heavy atom. The summed E-state index contributed by atoms with van der Waals surface area (Å²) in [5.74, 6) is -0.858. The molecule has 3 fully saturated rings. The zero-order valence-corrected chi connectivity index (χ0v) is 9.43. The molecule has 16 heavy (non-hydrogen) atoms. The van der Waals surface area contributed by atoms with Crippen molar-refractivity contribution >= 4 is 13.6 Å². The van der Waals surface area contributed by atoms with Crippen molar-refractivity contribution in [3.63, 3.8) is 0 Å². The van der Waals surface area contributed by atoms with Crippen LogP contribution in [0.5, 0.6) is 0 Å². The zero-order valence-electron chi connectivity index (χ0n) is 8.54. The van der Waals surface area contributed by atoms with Gasteiger partial charge in [0.2, 0.25) is 0 Å². The maximum absolute atomic E-state index is 11.3. The summed E-state index contributed by atoms with van der Waals surface area (Å²) < 4.78 is 11.3. The van der Waals surface area contributed by atoms with E-state index >= 15 is 0 Å². The third kappa shape index (κ3) is 1.09. The molecule has 4 bridgehead atoms. The van der Waals surface area contributed by atoms with Gasteiger partial charge < -0.3 is 14.9 Å². The van der Waals surface area contributed by atoms with Crippen molar-refractivity contribution in [1.29, 1.82) is 0 Å². The molecule has 88 valence electrons. The van der Waals surface area contributed by atoms with E-state index in [-0.39, 0.29) is 17.2 Å².